The van der Waals surface area contributed by atoms with Crippen LogP contribution in [0.2, 0.25) is 5.02 Å². The maximum absolute atomic E-state index is 13.1. The van der Waals surface area contributed by atoms with E-state index in [9.17, 15) is 9.18 Å². The van der Waals surface area contributed by atoms with Crippen LogP contribution in [0.5, 0.6) is 5.75 Å². The lowest BCUT2D eigenvalue weighted by Gasteiger charge is -2.06. The summed E-state index contributed by atoms with van der Waals surface area (Å²) in [5, 5.41) is 0.713. The summed E-state index contributed by atoms with van der Waals surface area (Å²) in [6, 6.07) is 20.3. The minimum absolute atomic E-state index is 0.187. The van der Waals surface area contributed by atoms with Crippen molar-refractivity contribution in [3.05, 3.63) is 94.8 Å². The van der Waals surface area contributed by atoms with Gasteiger partial charge in [-0.05, 0) is 54.1 Å². The van der Waals surface area contributed by atoms with E-state index in [2.05, 4.69) is 0 Å². The number of carbonyl (C=O) groups is 1. The van der Waals surface area contributed by atoms with Gasteiger partial charge in [0, 0.05) is 21.7 Å². The molecule has 0 aliphatic carbocycles. The molecule has 126 valence electrons. The summed E-state index contributed by atoms with van der Waals surface area (Å²) < 4.78 is 18.3. The zero-order valence-corrected chi connectivity index (χ0v) is 14.7. The Hall–Kier alpha value is -2.30. The molecule has 0 atom stereocenters. The fourth-order valence-electron chi connectivity index (χ4n) is 2.13. The molecular formula is C20H14ClFO2S. The van der Waals surface area contributed by atoms with E-state index in [1.54, 1.807) is 23.9 Å². The minimum atomic E-state index is -0.512. The van der Waals surface area contributed by atoms with Gasteiger partial charge in [0.05, 0.1) is 5.56 Å². The molecule has 0 heterocycles. The third kappa shape index (κ3) is 5.08. The topological polar surface area (TPSA) is 26.3 Å². The Morgan fingerprint density at radius 2 is 1.72 bits per heavy atom. The smallest absolute Gasteiger partial charge is 0.343 e. The van der Waals surface area contributed by atoms with Crippen LogP contribution in [-0.4, -0.2) is 5.97 Å². The van der Waals surface area contributed by atoms with Crippen LogP contribution < -0.4 is 4.74 Å². The van der Waals surface area contributed by atoms with E-state index in [4.69, 9.17) is 16.3 Å². The number of hydrogen-bond acceptors (Lipinski definition) is 3. The van der Waals surface area contributed by atoms with Crippen molar-refractivity contribution in [3.8, 4) is 5.75 Å². The Bertz CT molecular complexity index is 864. The highest BCUT2D eigenvalue weighted by atomic mass is 35.5. The number of carbonyl (C=O) groups excluding carboxylic acids is 1. The quantitative estimate of drug-likeness (QED) is 0.312. The van der Waals surface area contributed by atoms with Crippen molar-refractivity contribution < 1.29 is 13.9 Å². The molecule has 0 amide bonds. The first kappa shape index (κ1) is 17.5. The highest BCUT2D eigenvalue weighted by Gasteiger charge is 2.09. The van der Waals surface area contributed by atoms with Crippen LogP contribution in [0.15, 0.2) is 77.7 Å². The monoisotopic (exact) mass is 372 g/mol. The Morgan fingerprint density at radius 3 is 2.40 bits per heavy atom. The zero-order valence-electron chi connectivity index (χ0n) is 13.1. The van der Waals surface area contributed by atoms with E-state index in [-0.39, 0.29) is 5.75 Å². The lowest BCUT2D eigenvalue weighted by atomic mass is 10.1. The van der Waals surface area contributed by atoms with Gasteiger partial charge in [-0.25, -0.2) is 9.18 Å². The highest BCUT2D eigenvalue weighted by molar-refractivity contribution is 7.98. The summed E-state index contributed by atoms with van der Waals surface area (Å²) in [5.74, 6) is 0.00987. The molecule has 3 rings (SSSR count). The SMILES string of the molecule is O=C(Oc1cccc(F)c1)c1ccc(CSc2ccc(Cl)cc2)cc1. The van der Waals surface area contributed by atoms with E-state index in [0.717, 1.165) is 16.2 Å². The molecule has 0 radical (unpaired) electrons. The van der Waals surface area contributed by atoms with Gasteiger partial charge < -0.3 is 4.74 Å². The van der Waals surface area contributed by atoms with E-state index in [0.29, 0.717) is 10.6 Å². The number of rotatable bonds is 5. The summed E-state index contributed by atoms with van der Waals surface area (Å²) in [6.45, 7) is 0. The summed E-state index contributed by atoms with van der Waals surface area (Å²) in [6.07, 6.45) is 0. The summed E-state index contributed by atoms with van der Waals surface area (Å²) in [7, 11) is 0. The number of thioether (sulfide) groups is 1. The zero-order chi connectivity index (χ0) is 17.6. The first-order chi connectivity index (χ1) is 12.1. The van der Waals surface area contributed by atoms with Crippen LogP contribution in [0.1, 0.15) is 15.9 Å². The molecule has 0 aliphatic heterocycles. The van der Waals surface area contributed by atoms with Crippen molar-refractivity contribution in [3.63, 3.8) is 0 Å². The predicted octanol–water partition coefficient (Wildman–Crippen LogP) is 5.99. The van der Waals surface area contributed by atoms with Crippen molar-refractivity contribution >= 4 is 29.3 Å². The normalized spacial score (nSPS) is 10.5. The molecule has 0 saturated carbocycles. The van der Waals surface area contributed by atoms with Crippen LogP contribution in [-0.2, 0) is 5.75 Å². The van der Waals surface area contributed by atoms with Crippen LogP contribution in [0.25, 0.3) is 0 Å². The fraction of sp³-hybridized carbons (Fsp3) is 0.0500. The molecule has 0 N–H and O–H groups in total. The lowest BCUT2D eigenvalue weighted by Crippen LogP contribution is -2.08. The maximum atomic E-state index is 13.1. The van der Waals surface area contributed by atoms with E-state index >= 15 is 0 Å². The molecule has 3 aromatic rings. The van der Waals surface area contributed by atoms with Crippen molar-refractivity contribution in [1.29, 1.82) is 0 Å². The van der Waals surface area contributed by atoms with Gasteiger partial charge in [-0.2, -0.15) is 0 Å². The predicted molar refractivity (Wildman–Crippen MR) is 98.8 cm³/mol. The van der Waals surface area contributed by atoms with Crippen molar-refractivity contribution in [2.75, 3.05) is 0 Å². The van der Waals surface area contributed by atoms with Gasteiger partial charge in [-0.1, -0.05) is 29.8 Å². The summed E-state index contributed by atoms with van der Waals surface area (Å²) >= 11 is 7.55. The third-order valence-corrected chi connectivity index (χ3v) is 4.75. The Labute approximate surface area is 154 Å². The number of esters is 1. The average molecular weight is 373 g/mol. The van der Waals surface area contributed by atoms with Gasteiger partial charge in [-0.15, -0.1) is 11.8 Å². The summed E-state index contributed by atoms with van der Waals surface area (Å²) in [5.41, 5.74) is 1.51. The molecule has 0 spiro atoms. The number of ether oxygens (including phenoxy) is 1. The molecule has 0 aromatic heterocycles. The Morgan fingerprint density at radius 1 is 1.00 bits per heavy atom. The largest absolute Gasteiger partial charge is 0.423 e. The highest BCUT2D eigenvalue weighted by Crippen LogP contribution is 2.24. The molecule has 25 heavy (non-hydrogen) atoms. The second-order valence-electron chi connectivity index (χ2n) is 5.29. The molecule has 0 aliphatic rings. The molecule has 0 fully saturated rings. The van der Waals surface area contributed by atoms with Crippen LogP contribution in [0, 0.1) is 5.82 Å². The molecule has 2 nitrogen and oxygen atoms in total. The first-order valence-corrected chi connectivity index (χ1v) is 8.91. The summed E-state index contributed by atoms with van der Waals surface area (Å²) in [4.78, 5) is 13.2. The van der Waals surface area contributed by atoms with Gasteiger partial charge in [0.2, 0.25) is 0 Å². The van der Waals surface area contributed by atoms with E-state index < -0.39 is 11.8 Å². The lowest BCUT2D eigenvalue weighted by molar-refractivity contribution is 0.0734. The second kappa shape index (κ2) is 8.19. The molecule has 3 aromatic carbocycles. The van der Waals surface area contributed by atoms with Crippen molar-refractivity contribution in [2.24, 2.45) is 0 Å². The van der Waals surface area contributed by atoms with Gasteiger partial charge in [0.1, 0.15) is 11.6 Å². The van der Waals surface area contributed by atoms with Crippen molar-refractivity contribution in [2.45, 2.75) is 10.6 Å². The van der Waals surface area contributed by atoms with Crippen molar-refractivity contribution in [1.82, 2.24) is 0 Å². The standard InChI is InChI=1S/C20H14ClFO2S/c21-16-8-10-19(11-9-16)25-13-14-4-6-15(7-5-14)20(23)24-18-3-1-2-17(22)12-18/h1-12H,13H2. The molecule has 5 heteroatoms. The van der Waals surface area contributed by atoms with E-state index in [1.807, 2.05) is 36.4 Å². The second-order valence-corrected chi connectivity index (χ2v) is 6.77. The van der Waals surface area contributed by atoms with Gasteiger partial charge in [0.15, 0.2) is 0 Å². The molecule has 0 unspecified atom stereocenters. The minimum Gasteiger partial charge on any atom is -0.423 e. The number of hydrogen-bond donors (Lipinski definition) is 0. The van der Waals surface area contributed by atoms with E-state index in [1.165, 1.54) is 24.3 Å². The fourth-order valence-corrected chi connectivity index (χ4v) is 3.11. The van der Waals surface area contributed by atoms with Crippen LogP contribution in [0.4, 0.5) is 4.39 Å². The number of halogens is 2. The molecular weight excluding hydrogens is 359 g/mol. The Kier molecular flexibility index (Phi) is 5.74. The van der Waals surface area contributed by atoms with Gasteiger partial charge in [0.25, 0.3) is 0 Å². The molecule has 0 saturated heterocycles. The van der Waals surface area contributed by atoms with Crippen LogP contribution >= 0.6 is 23.4 Å². The first-order valence-electron chi connectivity index (χ1n) is 7.55. The number of benzene rings is 3. The van der Waals surface area contributed by atoms with Crippen LogP contribution in [0.3, 0.4) is 0 Å². The third-order valence-electron chi connectivity index (χ3n) is 3.42. The average Bonchev–Trinajstić information content (AvgIpc) is 2.62. The van der Waals surface area contributed by atoms with Gasteiger partial charge >= 0.3 is 5.97 Å². The van der Waals surface area contributed by atoms with Gasteiger partial charge in [-0.3, -0.25) is 0 Å². The maximum Gasteiger partial charge on any atom is 0.343 e. The molecule has 0 bridgehead atoms. The Balaban J connectivity index is 1.59.